The third kappa shape index (κ3) is 5.05. The Bertz CT molecular complexity index is 626. The van der Waals surface area contributed by atoms with Gasteiger partial charge in [-0.3, -0.25) is 9.59 Å². The molecule has 1 aromatic carbocycles. The van der Waals surface area contributed by atoms with Crippen molar-refractivity contribution in [3.8, 4) is 0 Å². The Morgan fingerprint density at radius 1 is 1.08 bits per heavy atom. The first-order valence-electron chi connectivity index (χ1n) is 9.95. The monoisotopic (exact) mass is 360 g/mol. The summed E-state index contributed by atoms with van der Waals surface area (Å²) in [5.41, 5.74) is 0.502. The Morgan fingerprint density at radius 3 is 2.50 bits per heavy atom. The number of rotatable bonds is 4. The molecule has 1 saturated heterocycles. The van der Waals surface area contributed by atoms with Gasteiger partial charge >= 0.3 is 0 Å². The van der Waals surface area contributed by atoms with Gasteiger partial charge in [0.05, 0.1) is 5.92 Å². The fourth-order valence-electron chi connectivity index (χ4n) is 4.03. The van der Waals surface area contributed by atoms with Gasteiger partial charge in [-0.25, -0.2) is 4.39 Å². The lowest BCUT2D eigenvalue weighted by Gasteiger charge is -2.33. The van der Waals surface area contributed by atoms with Gasteiger partial charge in [-0.15, -0.1) is 0 Å². The second kappa shape index (κ2) is 9.15. The molecular weight excluding hydrogens is 331 g/mol. The van der Waals surface area contributed by atoms with E-state index in [4.69, 9.17) is 0 Å². The minimum Gasteiger partial charge on any atom is -0.353 e. The highest BCUT2D eigenvalue weighted by Gasteiger charge is 2.31. The van der Waals surface area contributed by atoms with Gasteiger partial charge in [0.1, 0.15) is 5.82 Å². The third-order valence-corrected chi connectivity index (χ3v) is 5.64. The summed E-state index contributed by atoms with van der Waals surface area (Å²) in [4.78, 5) is 26.6. The van der Waals surface area contributed by atoms with Crippen LogP contribution in [0.5, 0.6) is 0 Å². The molecule has 2 amide bonds. The molecule has 1 saturated carbocycles. The first-order chi connectivity index (χ1) is 12.6. The Hall–Kier alpha value is -1.91. The van der Waals surface area contributed by atoms with Gasteiger partial charge in [0.15, 0.2) is 0 Å². The summed E-state index contributed by atoms with van der Waals surface area (Å²) in [5.74, 6) is -0.434. The molecule has 1 aliphatic carbocycles. The fourth-order valence-corrected chi connectivity index (χ4v) is 4.03. The van der Waals surface area contributed by atoms with E-state index in [9.17, 15) is 14.0 Å². The molecule has 0 aromatic heterocycles. The van der Waals surface area contributed by atoms with Crippen LogP contribution in [0.2, 0.25) is 0 Å². The van der Waals surface area contributed by atoms with Crippen molar-refractivity contribution in [2.24, 2.45) is 5.92 Å². The fraction of sp³-hybridized carbons (Fsp3) is 0.619. The van der Waals surface area contributed by atoms with E-state index >= 15 is 0 Å². The van der Waals surface area contributed by atoms with E-state index in [1.807, 2.05) is 0 Å². The number of carbonyl (C=O) groups is 2. The zero-order valence-electron chi connectivity index (χ0n) is 15.4. The lowest BCUT2D eigenvalue weighted by atomic mass is 9.93. The van der Waals surface area contributed by atoms with Gasteiger partial charge in [0, 0.05) is 31.1 Å². The molecule has 0 unspecified atom stereocenters. The maximum atomic E-state index is 13.9. The molecule has 0 bridgehead atoms. The van der Waals surface area contributed by atoms with E-state index in [-0.39, 0.29) is 36.1 Å². The average molecular weight is 360 g/mol. The Kier molecular flexibility index (Phi) is 6.64. The topological polar surface area (TPSA) is 49.4 Å². The SMILES string of the molecule is O=C(NC1CCCCCCC1)[C@H]1CCC(=O)N(Cc2ccccc2F)C1. The Morgan fingerprint density at radius 2 is 1.77 bits per heavy atom. The van der Waals surface area contributed by atoms with Crippen molar-refractivity contribution in [3.05, 3.63) is 35.6 Å². The Labute approximate surface area is 155 Å². The molecule has 1 aliphatic heterocycles. The summed E-state index contributed by atoms with van der Waals surface area (Å²) >= 11 is 0. The van der Waals surface area contributed by atoms with Crippen LogP contribution in [0, 0.1) is 11.7 Å². The normalized spacial score (nSPS) is 22.6. The molecule has 2 aliphatic rings. The number of likely N-dealkylation sites (tertiary alicyclic amines) is 1. The van der Waals surface area contributed by atoms with Gasteiger partial charge < -0.3 is 10.2 Å². The van der Waals surface area contributed by atoms with Gasteiger partial charge in [-0.2, -0.15) is 0 Å². The Balaban J connectivity index is 1.57. The maximum absolute atomic E-state index is 13.9. The molecule has 5 heteroatoms. The number of carbonyl (C=O) groups excluding carboxylic acids is 2. The molecule has 4 nitrogen and oxygen atoms in total. The molecule has 26 heavy (non-hydrogen) atoms. The number of nitrogens with zero attached hydrogens (tertiary/aromatic N) is 1. The van der Waals surface area contributed by atoms with Crippen molar-refractivity contribution in [3.63, 3.8) is 0 Å². The summed E-state index contributed by atoms with van der Waals surface area (Å²) in [6.07, 6.45) is 9.20. The molecule has 1 aromatic rings. The minimum absolute atomic E-state index is 0.00302. The maximum Gasteiger partial charge on any atom is 0.225 e. The van der Waals surface area contributed by atoms with Crippen LogP contribution in [0.15, 0.2) is 24.3 Å². The van der Waals surface area contributed by atoms with Crippen LogP contribution in [0.25, 0.3) is 0 Å². The minimum atomic E-state index is -0.304. The first-order valence-corrected chi connectivity index (χ1v) is 9.95. The van der Waals surface area contributed by atoms with Crippen molar-refractivity contribution >= 4 is 11.8 Å². The number of benzene rings is 1. The second-order valence-electron chi connectivity index (χ2n) is 7.65. The van der Waals surface area contributed by atoms with E-state index in [2.05, 4.69) is 5.32 Å². The van der Waals surface area contributed by atoms with Gasteiger partial charge in [0.2, 0.25) is 11.8 Å². The van der Waals surface area contributed by atoms with Crippen LogP contribution in [0.1, 0.15) is 63.4 Å². The highest BCUT2D eigenvalue weighted by molar-refractivity contribution is 5.84. The summed E-state index contributed by atoms with van der Waals surface area (Å²) in [7, 11) is 0. The van der Waals surface area contributed by atoms with E-state index in [0.29, 0.717) is 24.9 Å². The van der Waals surface area contributed by atoms with Crippen molar-refractivity contribution in [1.29, 1.82) is 0 Å². The zero-order chi connectivity index (χ0) is 18.4. The summed E-state index contributed by atoms with van der Waals surface area (Å²) in [6.45, 7) is 0.616. The molecule has 1 atom stereocenters. The van der Waals surface area contributed by atoms with Crippen LogP contribution in [0.4, 0.5) is 4.39 Å². The molecule has 0 radical (unpaired) electrons. The van der Waals surface area contributed by atoms with E-state index in [0.717, 1.165) is 12.8 Å². The molecule has 2 fully saturated rings. The van der Waals surface area contributed by atoms with Gasteiger partial charge in [-0.05, 0) is 25.3 Å². The van der Waals surface area contributed by atoms with Crippen LogP contribution in [-0.4, -0.2) is 29.3 Å². The second-order valence-corrected chi connectivity index (χ2v) is 7.65. The van der Waals surface area contributed by atoms with Crippen molar-refractivity contribution in [2.75, 3.05) is 6.54 Å². The smallest absolute Gasteiger partial charge is 0.225 e. The van der Waals surface area contributed by atoms with E-state index < -0.39 is 0 Å². The third-order valence-electron chi connectivity index (χ3n) is 5.64. The quantitative estimate of drug-likeness (QED) is 0.888. The largest absolute Gasteiger partial charge is 0.353 e. The van der Waals surface area contributed by atoms with Gasteiger partial charge in [-0.1, -0.05) is 50.3 Å². The molecular formula is C21H29FN2O2. The molecule has 0 spiro atoms. The van der Waals surface area contributed by atoms with Crippen LogP contribution in [-0.2, 0) is 16.1 Å². The number of hydrogen-bond acceptors (Lipinski definition) is 2. The predicted molar refractivity (Wildman–Crippen MR) is 98.8 cm³/mol. The highest BCUT2D eigenvalue weighted by atomic mass is 19.1. The van der Waals surface area contributed by atoms with Crippen LogP contribution >= 0.6 is 0 Å². The van der Waals surface area contributed by atoms with Crippen molar-refractivity contribution < 1.29 is 14.0 Å². The van der Waals surface area contributed by atoms with Crippen LogP contribution < -0.4 is 5.32 Å². The van der Waals surface area contributed by atoms with E-state index in [1.54, 1.807) is 23.1 Å². The predicted octanol–water partition coefficient (Wildman–Crippen LogP) is 3.79. The number of nitrogens with one attached hydrogen (secondary N) is 1. The standard InChI is InChI=1S/C21H29FN2O2/c22-19-11-7-6-8-16(19)14-24-15-17(12-13-20(24)25)21(26)23-18-9-4-2-1-3-5-10-18/h6-8,11,17-18H,1-5,9-10,12-15H2,(H,23,26)/t17-/m0/s1. The molecule has 1 N–H and O–H groups in total. The molecule has 3 rings (SSSR count). The van der Waals surface area contributed by atoms with Crippen LogP contribution in [0.3, 0.4) is 0 Å². The number of hydrogen-bond donors (Lipinski definition) is 1. The molecule has 142 valence electrons. The first kappa shape index (κ1) is 18.9. The summed E-state index contributed by atoms with van der Waals surface area (Å²) in [6, 6.07) is 6.78. The summed E-state index contributed by atoms with van der Waals surface area (Å²) < 4.78 is 13.9. The van der Waals surface area contributed by atoms with Gasteiger partial charge in [0.25, 0.3) is 0 Å². The lowest BCUT2D eigenvalue weighted by Crippen LogP contribution is -2.47. The van der Waals surface area contributed by atoms with E-state index in [1.165, 1.54) is 38.2 Å². The number of piperidine rings is 1. The number of halogens is 1. The lowest BCUT2D eigenvalue weighted by molar-refractivity contribution is -0.139. The molecule has 1 heterocycles. The van der Waals surface area contributed by atoms with Crippen molar-refractivity contribution in [2.45, 2.75) is 70.4 Å². The van der Waals surface area contributed by atoms with Crippen molar-refractivity contribution in [1.82, 2.24) is 10.2 Å². The number of amides is 2. The average Bonchev–Trinajstić information content (AvgIpc) is 2.61. The summed E-state index contributed by atoms with van der Waals surface area (Å²) in [5, 5.41) is 3.22. The highest BCUT2D eigenvalue weighted by Crippen LogP contribution is 2.22. The zero-order valence-corrected chi connectivity index (χ0v) is 15.4.